The average Bonchev–Trinajstić information content (AvgIpc) is 3.44. The topological polar surface area (TPSA) is 152 Å². The second-order valence-corrected chi connectivity index (χ2v) is 7.81. The lowest BCUT2D eigenvalue weighted by atomic mass is 10.3. The zero-order chi connectivity index (χ0) is 23.7. The van der Waals surface area contributed by atoms with Crippen molar-refractivity contribution in [1.29, 1.82) is 0 Å². The van der Waals surface area contributed by atoms with E-state index >= 15 is 0 Å². The number of nitrogen functional groups attached to an aromatic ring is 2. The van der Waals surface area contributed by atoms with Gasteiger partial charge in [-0.05, 0) is 30.3 Å². The first-order chi connectivity index (χ1) is 16.5. The second kappa shape index (κ2) is 8.89. The van der Waals surface area contributed by atoms with Gasteiger partial charge in [-0.25, -0.2) is 9.97 Å². The van der Waals surface area contributed by atoms with Crippen LogP contribution in [0.1, 0.15) is 0 Å². The quantitative estimate of drug-likeness (QED) is 0.370. The monoisotopic (exact) mass is 491 g/mol. The first-order valence-electron chi connectivity index (χ1n) is 9.80. The van der Waals surface area contributed by atoms with Gasteiger partial charge in [-0.15, -0.1) is 20.1 Å². The van der Waals surface area contributed by atoms with Crippen LogP contribution in [0, 0.1) is 0 Å². The van der Waals surface area contributed by atoms with E-state index in [9.17, 15) is 0 Å². The van der Waals surface area contributed by atoms with Gasteiger partial charge in [0, 0.05) is 6.20 Å². The van der Waals surface area contributed by atoms with Gasteiger partial charge >= 0.3 is 0 Å². The molecular formula is C21H15Cl2N11. The number of benzene rings is 1. The predicted octanol–water partition coefficient (Wildman–Crippen LogP) is 3.50. The number of hydrogen-bond donors (Lipinski definition) is 2. The van der Waals surface area contributed by atoms with Crippen LogP contribution in [-0.4, -0.2) is 44.9 Å². The molecule has 0 aliphatic heterocycles. The number of hydrogen-bond acceptors (Lipinski definition) is 9. The van der Waals surface area contributed by atoms with E-state index in [0.717, 1.165) is 16.6 Å². The van der Waals surface area contributed by atoms with Crippen LogP contribution in [0.3, 0.4) is 0 Å². The Kier molecular flexibility index (Phi) is 5.62. The fourth-order valence-corrected chi connectivity index (χ4v) is 3.59. The van der Waals surface area contributed by atoms with Crippen molar-refractivity contribution < 1.29 is 0 Å². The number of rotatable bonds is 2. The highest BCUT2D eigenvalue weighted by atomic mass is 35.5. The maximum absolute atomic E-state index is 6.09. The Labute approximate surface area is 202 Å². The fourth-order valence-electron chi connectivity index (χ4n) is 3.08. The summed E-state index contributed by atoms with van der Waals surface area (Å²) in [4.78, 5) is 13.6. The highest BCUT2D eigenvalue weighted by Gasteiger charge is 2.11. The molecule has 0 radical (unpaired) electrons. The van der Waals surface area contributed by atoms with E-state index in [-0.39, 0.29) is 0 Å². The second-order valence-electron chi connectivity index (χ2n) is 6.99. The van der Waals surface area contributed by atoms with Gasteiger partial charge in [0.2, 0.25) is 0 Å². The molecule has 6 rings (SSSR count). The number of para-hydroxylation sites is 1. The molecule has 0 saturated carbocycles. The number of pyridine rings is 3. The zero-order valence-corrected chi connectivity index (χ0v) is 18.8. The van der Waals surface area contributed by atoms with Gasteiger partial charge in [0.25, 0.3) is 0 Å². The average molecular weight is 492 g/mol. The van der Waals surface area contributed by atoms with E-state index in [4.69, 9.17) is 34.7 Å². The van der Waals surface area contributed by atoms with E-state index in [1.165, 1.54) is 17.2 Å². The number of aromatic nitrogens is 9. The van der Waals surface area contributed by atoms with Gasteiger partial charge in [0.1, 0.15) is 16.6 Å². The Morgan fingerprint density at radius 1 is 0.735 bits per heavy atom. The maximum Gasteiger partial charge on any atom is 0.193 e. The molecule has 0 spiro atoms. The first kappa shape index (κ1) is 21.5. The molecule has 34 heavy (non-hydrogen) atoms. The van der Waals surface area contributed by atoms with Crippen LogP contribution < -0.4 is 11.5 Å². The smallest absolute Gasteiger partial charge is 0.193 e. The minimum atomic E-state index is 0.401. The van der Waals surface area contributed by atoms with Crippen LogP contribution >= 0.6 is 23.2 Å². The van der Waals surface area contributed by atoms with E-state index in [0.29, 0.717) is 38.6 Å². The van der Waals surface area contributed by atoms with Crippen LogP contribution in [-0.2, 0) is 0 Å². The van der Waals surface area contributed by atoms with Crippen LogP contribution in [0.5, 0.6) is 0 Å². The molecule has 6 aromatic rings. The van der Waals surface area contributed by atoms with Gasteiger partial charge in [0.15, 0.2) is 11.6 Å². The molecule has 0 bridgehead atoms. The summed E-state index contributed by atoms with van der Waals surface area (Å²) in [5.41, 5.74) is 15.3. The fraction of sp³-hybridized carbons (Fsp3) is 0. The van der Waals surface area contributed by atoms with E-state index < -0.39 is 0 Å². The van der Waals surface area contributed by atoms with Crippen molar-refractivity contribution in [2.45, 2.75) is 0 Å². The van der Waals surface area contributed by atoms with Crippen molar-refractivity contribution in [3.63, 3.8) is 0 Å². The number of anilines is 2. The highest BCUT2D eigenvalue weighted by molar-refractivity contribution is 6.32. The Morgan fingerprint density at radius 2 is 1.41 bits per heavy atom. The molecule has 1 aromatic carbocycles. The molecule has 168 valence electrons. The van der Waals surface area contributed by atoms with Crippen molar-refractivity contribution in [3.05, 3.63) is 77.3 Å². The van der Waals surface area contributed by atoms with Crippen LogP contribution in [0.15, 0.2) is 67.3 Å². The Hall–Kier alpha value is -4.35. The molecule has 4 N–H and O–H groups in total. The summed E-state index contributed by atoms with van der Waals surface area (Å²) in [7, 11) is 0. The Balaban J connectivity index is 0.000000142. The largest absolute Gasteiger partial charge is 0.397 e. The standard InChI is InChI=1S/C11H8ClN5.C10H7ClN6/c12-8-5-7(13)6-14-11(8)17-10-4-2-1-3-9(10)15-16-17;11-7-3-6(12)4-14-10(7)17-15-8-1-2-13-5-9(8)16-17/h1-6H,13H2;1-5H,12H2. The molecule has 0 saturated heterocycles. The molecule has 0 amide bonds. The molecule has 0 aliphatic rings. The summed E-state index contributed by atoms with van der Waals surface area (Å²) in [5, 5.41) is 17.4. The molecule has 11 nitrogen and oxygen atoms in total. The zero-order valence-electron chi connectivity index (χ0n) is 17.3. The number of nitrogens with two attached hydrogens (primary N) is 2. The molecule has 5 aromatic heterocycles. The van der Waals surface area contributed by atoms with Crippen molar-refractivity contribution in [2.75, 3.05) is 11.5 Å². The van der Waals surface area contributed by atoms with Gasteiger partial charge in [-0.1, -0.05) is 40.5 Å². The van der Waals surface area contributed by atoms with E-state index in [1.807, 2.05) is 24.3 Å². The lowest BCUT2D eigenvalue weighted by Gasteiger charge is -2.03. The van der Waals surface area contributed by atoms with Crippen molar-refractivity contribution in [1.82, 2.24) is 44.9 Å². The van der Waals surface area contributed by atoms with Crippen LogP contribution in [0.2, 0.25) is 10.0 Å². The minimum absolute atomic E-state index is 0.401. The summed E-state index contributed by atoms with van der Waals surface area (Å²) < 4.78 is 1.59. The summed E-state index contributed by atoms with van der Waals surface area (Å²) >= 11 is 12.1. The molecule has 0 atom stereocenters. The van der Waals surface area contributed by atoms with Gasteiger partial charge in [-0.2, -0.15) is 4.68 Å². The third kappa shape index (κ3) is 4.17. The molecule has 13 heteroatoms. The molecular weight excluding hydrogens is 477 g/mol. The summed E-state index contributed by atoms with van der Waals surface area (Å²) in [6, 6.07) is 12.6. The first-order valence-corrected chi connectivity index (χ1v) is 10.6. The summed E-state index contributed by atoms with van der Waals surface area (Å²) in [5.74, 6) is 0.964. The van der Waals surface area contributed by atoms with Crippen molar-refractivity contribution in [2.24, 2.45) is 0 Å². The van der Waals surface area contributed by atoms with Crippen LogP contribution in [0.25, 0.3) is 33.7 Å². The van der Waals surface area contributed by atoms with Gasteiger partial charge in [-0.3, -0.25) is 4.98 Å². The van der Waals surface area contributed by atoms with E-state index in [1.54, 1.807) is 35.3 Å². The number of nitrogens with zero attached hydrogens (tertiary/aromatic N) is 9. The maximum atomic E-state index is 6.09. The Morgan fingerprint density at radius 3 is 2.12 bits per heavy atom. The SMILES string of the molecule is Nc1cnc(-n2nc3ccncc3n2)c(Cl)c1.Nc1cnc(-n2nnc3ccccc32)c(Cl)c1. The van der Waals surface area contributed by atoms with E-state index in [2.05, 4.69) is 35.5 Å². The summed E-state index contributed by atoms with van der Waals surface area (Å²) in [6.45, 7) is 0. The number of fused-ring (bicyclic) bond motifs is 2. The summed E-state index contributed by atoms with van der Waals surface area (Å²) in [6.07, 6.45) is 6.33. The highest BCUT2D eigenvalue weighted by Crippen LogP contribution is 2.23. The molecule has 0 fully saturated rings. The minimum Gasteiger partial charge on any atom is -0.397 e. The normalized spacial score (nSPS) is 10.9. The molecule has 0 unspecified atom stereocenters. The van der Waals surface area contributed by atoms with Gasteiger partial charge < -0.3 is 11.5 Å². The van der Waals surface area contributed by atoms with Crippen LogP contribution in [0.4, 0.5) is 11.4 Å². The lowest BCUT2D eigenvalue weighted by molar-refractivity contribution is 0.742. The molecule has 0 aliphatic carbocycles. The third-order valence-electron chi connectivity index (χ3n) is 4.61. The number of halogens is 2. The molecule has 5 heterocycles. The predicted molar refractivity (Wildman–Crippen MR) is 130 cm³/mol. The Bertz CT molecular complexity index is 1590. The van der Waals surface area contributed by atoms with Gasteiger partial charge in [0.05, 0.1) is 45.5 Å². The van der Waals surface area contributed by atoms with Crippen molar-refractivity contribution in [3.8, 4) is 11.6 Å². The third-order valence-corrected chi connectivity index (χ3v) is 5.17. The van der Waals surface area contributed by atoms with Crippen molar-refractivity contribution >= 4 is 56.6 Å². The lowest BCUT2D eigenvalue weighted by Crippen LogP contribution is -2.03.